The summed E-state index contributed by atoms with van der Waals surface area (Å²) < 4.78 is 5.30. The van der Waals surface area contributed by atoms with Crippen LogP contribution in [-0.2, 0) is 4.79 Å². The van der Waals surface area contributed by atoms with E-state index in [9.17, 15) is 15.0 Å². The van der Waals surface area contributed by atoms with Crippen LogP contribution in [0.5, 0.6) is 5.75 Å². The molecular formula is C27H30N2O5. The number of aliphatic hydroxyl groups is 2. The molecule has 7 heteroatoms. The Labute approximate surface area is 198 Å². The van der Waals surface area contributed by atoms with Gasteiger partial charge in [-0.3, -0.25) is 9.78 Å². The summed E-state index contributed by atoms with van der Waals surface area (Å²) in [6, 6.07) is 15.8. The Morgan fingerprint density at radius 1 is 1.18 bits per heavy atom. The van der Waals surface area contributed by atoms with E-state index < -0.39 is 24.6 Å². The number of pyridine rings is 1. The Bertz CT molecular complexity index is 1190. The van der Waals surface area contributed by atoms with Crippen LogP contribution in [0, 0.1) is 0 Å². The van der Waals surface area contributed by atoms with Crippen molar-refractivity contribution in [2.75, 3.05) is 19.1 Å². The van der Waals surface area contributed by atoms with Gasteiger partial charge >= 0.3 is 5.97 Å². The first-order valence-electron chi connectivity index (χ1n) is 11.4. The van der Waals surface area contributed by atoms with E-state index in [1.165, 1.54) is 0 Å². The van der Waals surface area contributed by atoms with Gasteiger partial charge in [-0.1, -0.05) is 30.4 Å². The van der Waals surface area contributed by atoms with Crippen molar-refractivity contribution in [3.8, 4) is 5.75 Å². The van der Waals surface area contributed by atoms with Gasteiger partial charge < -0.3 is 25.0 Å². The highest BCUT2D eigenvalue weighted by atomic mass is 16.5. The number of carbonyl (C=O) groups is 1. The quantitative estimate of drug-likeness (QED) is 0.408. The minimum absolute atomic E-state index is 0.0494. The number of ether oxygens (including phenoxy) is 1. The van der Waals surface area contributed by atoms with Gasteiger partial charge in [0.1, 0.15) is 5.75 Å². The van der Waals surface area contributed by atoms with Gasteiger partial charge in [-0.25, -0.2) is 0 Å². The van der Waals surface area contributed by atoms with Crippen LogP contribution in [0.25, 0.3) is 17.0 Å². The number of carboxylic acids is 1. The number of anilines is 2. The molecule has 0 saturated heterocycles. The summed E-state index contributed by atoms with van der Waals surface area (Å²) in [4.78, 5) is 17.9. The monoisotopic (exact) mass is 462 g/mol. The molecule has 1 fully saturated rings. The Hall–Kier alpha value is -3.42. The zero-order valence-corrected chi connectivity index (χ0v) is 19.4. The van der Waals surface area contributed by atoms with E-state index in [0.29, 0.717) is 5.92 Å². The van der Waals surface area contributed by atoms with Crippen LogP contribution in [0.3, 0.4) is 0 Å². The summed E-state index contributed by atoms with van der Waals surface area (Å²) in [5.74, 6) is 0.0439. The molecule has 0 aliphatic heterocycles. The molecule has 1 aromatic heterocycles. The number of methoxy groups -OCH3 is 1. The number of nitrogens with zero attached hydrogens (tertiary/aromatic N) is 2. The topological polar surface area (TPSA) is 103 Å². The smallest absolute Gasteiger partial charge is 0.305 e. The fourth-order valence-electron chi connectivity index (χ4n) is 4.21. The van der Waals surface area contributed by atoms with Crippen molar-refractivity contribution in [2.45, 2.75) is 43.8 Å². The molecule has 2 atom stereocenters. The first-order valence-corrected chi connectivity index (χ1v) is 11.4. The van der Waals surface area contributed by atoms with Crippen LogP contribution in [0.4, 0.5) is 11.4 Å². The van der Waals surface area contributed by atoms with E-state index in [1.54, 1.807) is 13.2 Å². The lowest BCUT2D eigenvalue weighted by Crippen LogP contribution is -2.19. The third kappa shape index (κ3) is 5.38. The molecule has 0 unspecified atom stereocenters. The molecule has 7 nitrogen and oxygen atoms in total. The molecule has 3 N–H and O–H groups in total. The van der Waals surface area contributed by atoms with E-state index in [1.807, 2.05) is 61.7 Å². The first-order chi connectivity index (χ1) is 16.4. The summed E-state index contributed by atoms with van der Waals surface area (Å²) in [5, 5.41) is 30.2. The summed E-state index contributed by atoms with van der Waals surface area (Å²) in [5.41, 5.74) is 4.78. The molecule has 0 amide bonds. The lowest BCUT2D eigenvalue weighted by atomic mass is 9.99. The average molecular weight is 463 g/mol. The fraction of sp³-hybridized carbons (Fsp3) is 0.333. The maximum Gasteiger partial charge on any atom is 0.305 e. The number of fused-ring (bicyclic) bond motifs is 1. The number of aromatic nitrogens is 1. The van der Waals surface area contributed by atoms with Gasteiger partial charge in [-0.15, -0.1) is 0 Å². The highest BCUT2D eigenvalue weighted by Gasteiger charge is 2.30. The molecule has 3 aromatic rings. The SMILES string of the molecule is COc1ccc(N(C)c2c(/C=C/[C@@H](O)C[C@@H](O)CC(=O)O)c(C3CC3)nc3ccccc23)cc1. The second-order valence-corrected chi connectivity index (χ2v) is 8.72. The Morgan fingerprint density at radius 3 is 2.53 bits per heavy atom. The van der Waals surface area contributed by atoms with Crippen LogP contribution in [0.1, 0.15) is 42.9 Å². The Kier molecular flexibility index (Phi) is 7.14. The first kappa shape index (κ1) is 23.7. The van der Waals surface area contributed by atoms with Crippen molar-refractivity contribution in [3.63, 3.8) is 0 Å². The molecule has 1 aliphatic rings. The van der Waals surface area contributed by atoms with Crippen LogP contribution >= 0.6 is 0 Å². The van der Waals surface area contributed by atoms with Crippen molar-refractivity contribution in [2.24, 2.45) is 0 Å². The summed E-state index contributed by atoms with van der Waals surface area (Å²) >= 11 is 0. The van der Waals surface area contributed by atoms with Crippen molar-refractivity contribution in [1.29, 1.82) is 0 Å². The zero-order valence-electron chi connectivity index (χ0n) is 19.4. The van der Waals surface area contributed by atoms with E-state index in [-0.39, 0.29) is 6.42 Å². The molecule has 34 heavy (non-hydrogen) atoms. The third-order valence-corrected chi connectivity index (χ3v) is 6.10. The number of benzene rings is 2. The molecule has 1 aliphatic carbocycles. The average Bonchev–Trinajstić information content (AvgIpc) is 3.66. The number of hydrogen-bond donors (Lipinski definition) is 3. The van der Waals surface area contributed by atoms with Crippen molar-refractivity contribution < 1.29 is 24.9 Å². The highest BCUT2D eigenvalue weighted by molar-refractivity contribution is 5.99. The lowest BCUT2D eigenvalue weighted by molar-refractivity contribution is -0.139. The fourth-order valence-corrected chi connectivity index (χ4v) is 4.21. The summed E-state index contributed by atoms with van der Waals surface area (Å²) in [7, 11) is 3.64. The number of carboxylic acid groups (broad SMARTS) is 1. The molecule has 1 heterocycles. The minimum atomic E-state index is -1.11. The minimum Gasteiger partial charge on any atom is -0.497 e. The predicted molar refractivity (Wildman–Crippen MR) is 133 cm³/mol. The van der Waals surface area contributed by atoms with Gasteiger partial charge in [-0.2, -0.15) is 0 Å². The van der Waals surface area contributed by atoms with E-state index in [4.69, 9.17) is 14.8 Å². The van der Waals surface area contributed by atoms with Crippen LogP contribution in [0.2, 0.25) is 0 Å². The van der Waals surface area contributed by atoms with Gasteiger partial charge in [0.15, 0.2) is 0 Å². The molecule has 0 radical (unpaired) electrons. The molecule has 1 saturated carbocycles. The van der Waals surface area contributed by atoms with Crippen molar-refractivity contribution >= 4 is 34.3 Å². The zero-order chi connectivity index (χ0) is 24.2. The van der Waals surface area contributed by atoms with E-state index in [2.05, 4.69) is 4.90 Å². The Balaban J connectivity index is 1.77. The summed E-state index contributed by atoms with van der Waals surface area (Å²) in [6.45, 7) is 0. The maximum absolute atomic E-state index is 10.8. The van der Waals surface area contributed by atoms with Crippen molar-refractivity contribution in [1.82, 2.24) is 4.98 Å². The van der Waals surface area contributed by atoms with Gasteiger partial charge in [0.05, 0.1) is 42.6 Å². The lowest BCUT2D eigenvalue weighted by Gasteiger charge is -2.25. The largest absolute Gasteiger partial charge is 0.497 e. The van der Waals surface area contributed by atoms with Crippen molar-refractivity contribution in [3.05, 3.63) is 65.9 Å². The summed E-state index contributed by atoms with van der Waals surface area (Å²) in [6.07, 6.45) is 3.07. The van der Waals surface area contributed by atoms with Crippen LogP contribution in [-0.4, -0.2) is 52.6 Å². The maximum atomic E-state index is 10.8. The predicted octanol–water partition coefficient (Wildman–Crippen LogP) is 4.49. The number of rotatable bonds is 10. The molecule has 0 spiro atoms. The number of aliphatic carboxylic acids is 1. The third-order valence-electron chi connectivity index (χ3n) is 6.10. The number of para-hydroxylation sites is 1. The van der Waals surface area contributed by atoms with E-state index >= 15 is 0 Å². The van der Waals surface area contributed by atoms with Gasteiger partial charge in [0, 0.05) is 36.0 Å². The normalized spacial score (nSPS) is 15.4. The van der Waals surface area contributed by atoms with Gasteiger partial charge in [-0.05, 0) is 43.2 Å². The van der Waals surface area contributed by atoms with Crippen LogP contribution < -0.4 is 9.64 Å². The van der Waals surface area contributed by atoms with Crippen LogP contribution in [0.15, 0.2) is 54.6 Å². The molecule has 4 rings (SSSR count). The molecule has 0 bridgehead atoms. The second kappa shape index (κ2) is 10.2. The Morgan fingerprint density at radius 2 is 1.88 bits per heavy atom. The highest BCUT2D eigenvalue weighted by Crippen LogP contribution is 2.46. The number of aliphatic hydroxyl groups excluding tert-OH is 2. The van der Waals surface area contributed by atoms with Gasteiger partial charge in [0.25, 0.3) is 0 Å². The van der Waals surface area contributed by atoms with E-state index in [0.717, 1.165) is 52.1 Å². The standard InChI is InChI=1S/C27H30N2O5/c1-29(18-9-12-21(34-2)13-10-18)27-22-5-3-4-6-24(22)28-26(17-7-8-17)23(27)14-11-19(30)15-20(31)16-25(32)33/h3-6,9-14,17,19-20,30-31H,7-8,15-16H2,1-2H3,(H,32,33)/b14-11+/t19-,20-/m1/s1. The number of hydrogen-bond acceptors (Lipinski definition) is 6. The molecular weight excluding hydrogens is 432 g/mol. The molecule has 2 aromatic carbocycles. The molecule has 178 valence electrons. The second-order valence-electron chi connectivity index (χ2n) is 8.72. The van der Waals surface area contributed by atoms with Gasteiger partial charge in [0.2, 0.25) is 0 Å².